The number of alkyl halides is 3. The Kier molecular flexibility index (Phi) is 5.17. The average molecular weight is 304 g/mol. The van der Waals surface area contributed by atoms with Crippen LogP contribution in [0.5, 0.6) is 0 Å². The van der Waals surface area contributed by atoms with Crippen molar-refractivity contribution < 1.29 is 27.9 Å². The maximum atomic E-state index is 12.8. The Morgan fingerprint density at radius 3 is 2.43 bits per heavy atom. The number of carboxylic acids is 1. The molecule has 21 heavy (non-hydrogen) atoms. The Morgan fingerprint density at radius 2 is 1.95 bits per heavy atom. The molecular formula is C13H15F3N2O3. The van der Waals surface area contributed by atoms with Crippen LogP contribution in [0, 0.1) is 6.92 Å². The fourth-order valence-corrected chi connectivity index (χ4v) is 1.70. The largest absolute Gasteiger partial charge is 0.480 e. The van der Waals surface area contributed by atoms with E-state index < -0.39 is 30.3 Å². The normalized spacial score (nSPS) is 11.1. The zero-order valence-corrected chi connectivity index (χ0v) is 11.5. The molecule has 0 heterocycles. The summed E-state index contributed by atoms with van der Waals surface area (Å²) in [5, 5.41) is 10.9. The number of rotatable bonds is 4. The van der Waals surface area contributed by atoms with Crippen LogP contribution in [0.1, 0.15) is 18.1 Å². The Hall–Kier alpha value is -2.25. The molecule has 0 bridgehead atoms. The molecule has 5 nitrogen and oxygen atoms in total. The number of amides is 2. The molecule has 0 aliphatic heterocycles. The molecule has 0 unspecified atom stereocenters. The fraction of sp³-hybridized carbons (Fsp3) is 0.385. The molecule has 0 fully saturated rings. The summed E-state index contributed by atoms with van der Waals surface area (Å²) in [7, 11) is 0. The minimum Gasteiger partial charge on any atom is -0.480 e. The standard InChI is InChI=1S/C13H15F3N2O3/c1-3-18(7-11(19)20)12(21)17-9-5-4-8(2)10(6-9)13(14,15)16/h4-6H,3,7H2,1-2H3,(H,17,21)(H,19,20). The van der Waals surface area contributed by atoms with Crippen LogP contribution in [-0.2, 0) is 11.0 Å². The van der Waals surface area contributed by atoms with Crippen LogP contribution in [0.3, 0.4) is 0 Å². The van der Waals surface area contributed by atoms with Gasteiger partial charge >= 0.3 is 18.2 Å². The third-order valence-electron chi connectivity index (χ3n) is 2.79. The highest BCUT2D eigenvalue weighted by atomic mass is 19.4. The number of carbonyl (C=O) groups is 2. The Balaban J connectivity index is 2.93. The summed E-state index contributed by atoms with van der Waals surface area (Å²) in [6.45, 7) is 2.48. The summed E-state index contributed by atoms with van der Waals surface area (Å²) in [4.78, 5) is 23.3. The van der Waals surface area contributed by atoms with Crippen LogP contribution in [0.2, 0.25) is 0 Å². The average Bonchev–Trinajstić information content (AvgIpc) is 2.36. The topological polar surface area (TPSA) is 69.6 Å². The highest BCUT2D eigenvalue weighted by Crippen LogP contribution is 2.33. The summed E-state index contributed by atoms with van der Waals surface area (Å²) in [6, 6.07) is 2.63. The maximum absolute atomic E-state index is 12.8. The van der Waals surface area contributed by atoms with Crippen molar-refractivity contribution in [3.8, 4) is 0 Å². The van der Waals surface area contributed by atoms with E-state index in [1.54, 1.807) is 6.92 Å². The molecule has 0 radical (unpaired) electrons. The molecular weight excluding hydrogens is 289 g/mol. The predicted molar refractivity (Wildman–Crippen MR) is 70.1 cm³/mol. The third kappa shape index (κ3) is 4.66. The van der Waals surface area contributed by atoms with Gasteiger partial charge in [0.25, 0.3) is 0 Å². The van der Waals surface area contributed by atoms with Crippen molar-refractivity contribution in [3.63, 3.8) is 0 Å². The summed E-state index contributed by atoms with van der Waals surface area (Å²) in [6.07, 6.45) is -4.52. The number of hydrogen-bond acceptors (Lipinski definition) is 2. The monoisotopic (exact) mass is 304 g/mol. The summed E-state index contributed by atoms with van der Waals surface area (Å²) >= 11 is 0. The van der Waals surface area contributed by atoms with E-state index in [1.165, 1.54) is 19.1 Å². The molecule has 1 aromatic carbocycles. The number of likely N-dealkylation sites (N-methyl/N-ethyl adjacent to an activating group) is 1. The molecule has 0 spiro atoms. The van der Waals surface area contributed by atoms with Gasteiger partial charge in [-0.15, -0.1) is 0 Å². The summed E-state index contributed by atoms with van der Waals surface area (Å²) < 4.78 is 38.3. The van der Waals surface area contributed by atoms with Crippen LogP contribution in [0.15, 0.2) is 18.2 Å². The lowest BCUT2D eigenvalue weighted by Crippen LogP contribution is -2.38. The van der Waals surface area contributed by atoms with Gasteiger partial charge in [-0.3, -0.25) is 4.79 Å². The lowest BCUT2D eigenvalue weighted by molar-refractivity contribution is -0.138. The van der Waals surface area contributed by atoms with E-state index in [0.717, 1.165) is 11.0 Å². The van der Waals surface area contributed by atoms with E-state index in [4.69, 9.17) is 5.11 Å². The molecule has 0 aliphatic carbocycles. The van der Waals surface area contributed by atoms with Gasteiger partial charge in [0.1, 0.15) is 6.54 Å². The molecule has 2 N–H and O–H groups in total. The van der Waals surface area contributed by atoms with E-state index >= 15 is 0 Å². The molecule has 1 aromatic rings. The number of urea groups is 1. The second kappa shape index (κ2) is 6.47. The zero-order valence-electron chi connectivity index (χ0n) is 11.5. The Bertz CT molecular complexity index is 544. The number of carboxylic acid groups (broad SMARTS) is 1. The second-order valence-corrected chi connectivity index (χ2v) is 4.37. The Labute approximate surface area is 119 Å². The number of halogens is 3. The molecule has 0 aromatic heterocycles. The van der Waals surface area contributed by atoms with E-state index in [1.807, 2.05) is 0 Å². The summed E-state index contributed by atoms with van der Waals surface area (Å²) in [5.41, 5.74) is -0.846. The van der Waals surface area contributed by atoms with Gasteiger partial charge in [0.15, 0.2) is 0 Å². The van der Waals surface area contributed by atoms with Gasteiger partial charge in [-0.2, -0.15) is 13.2 Å². The van der Waals surface area contributed by atoms with Gasteiger partial charge in [0.05, 0.1) is 5.56 Å². The SMILES string of the molecule is CCN(CC(=O)O)C(=O)Nc1ccc(C)c(C(F)(F)F)c1. The number of carbonyl (C=O) groups excluding carboxylic acids is 1. The quantitative estimate of drug-likeness (QED) is 0.898. The first-order chi connectivity index (χ1) is 9.65. The smallest absolute Gasteiger partial charge is 0.416 e. The van der Waals surface area contributed by atoms with Crippen molar-refractivity contribution in [2.24, 2.45) is 0 Å². The number of hydrogen-bond donors (Lipinski definition) is 2. The number of nitrogens with zero attached hydrogens (tertiary/aromatic N) is 1. The predicted octanol–water partition coefficient (Wildman–Crippen LogP) is 2.95. The third-order valence-corrected chi connectivity index (χ3v) is 2.79. The molecule has 116 valence electrons. The van der Waals surface area contributed by atoms with Crippen LogP contribution in [0.4, 0.5) is 23.7 Å². The zero-order chi connectivity index (χ0) is 16.2. The van der Waals surface area contributed by atoms with E-state index in [2.05, 4.69) is 5.32 Å². The van der Waals surface area contributed by atoms with Crippen molar-refractivity contribution in [1.82, 2.24) is 4.90 Å². The number of nitrogens with one attached hydrogen (secondary N) is 1. The van der Waals surface area contributed by atoms with Gasteiger partial charge in [0.2, 0.25) is 0 Å². The van der Waals surface area contributed by atoms with E-state index in [9.17, 15) is 22.8 Å². The van der Waals surface area contributed by atoms with Crippen molar-refractivity contribution in [2.45, 2.75) is 20.0 Å². The molecule has 0 aliphatic rings. The van der Waals surface area contributed by atoms with Crippen molar-refractivity contribution in [1.29, 1.82) is 0 Å². The van der Waals surface area contributed by atoms with E-state index in [0.29, 0.717) is 0 Å². The van der Waals surface area contributed by atoms with Crippen LogP contribution in [0.25, 0.3) is 0 Å². The Morgan fingerprint density at radius 1 is 1.33 bits per heavy atom. The minimum atomic E-state index is -4.52. The van der Waals surface area contributed by atoms with Gasteiger partial charge in [-0.05, 0) is 31.5 Å². The number of benzene rings is 1. The molecule has 0 saturated carbocycles. The van der Waals surface area contributed by atoms with Crippen molar-refractivity contribution in [2.75, 3.05) is 18.4 Å². The first-order valence-electron chi connectivity index (χ1n) is 6.10. The van der Waals surface area contributed by atoms with Crippen molar-refractivity contribution in [3.05, 3.63) is 29.3 Å². The lowest BCUT2D eigenvalue weighted by atomic mass is 10.1. The van der Waals surface area contributed by atoms with Crippen LogP contribution < -0.4 is 5.32 Å². The molecule has 2 amide bonds. The van der Waals surface area contributed by atoms with Gasteiger partial charge in [-0.1, -0.05) is 6.07 Å². The lowest BCUT2D eigenvalue weighted by Gasteiger charge is -2.20. The summed E-state index contributed by atoms with van der Waals surface area (Å²) in [5.74, 6) is -1.20. The van der Waals surface area contributed by atoms with Gasteiger partial charge in [0, 0.05) is 12.2 Å². The van der Waals surface area contributed by atoms with E-state index in [-0.39, 0.29) is 17.8 Å². The van der Waals surface area contributed by atoms with Crippen LogP contribution >= 0.6 is 0 Å². The molecule has 0 atom stereocenters. The maximum Gasteiger partial charge on any atom is 0.416 e. The minimum absolute atomic E-state index is 0.0400. The number of aliphatic carboxylic acids is 1. The molecule has 1 rings (SSSR count). The number of anilines is 1. The molecule has 0 saturated heterocycles. The van der Waals surface area contributed by atoms with Gasteiger partial charge < -0.3 is 15.3 Å². The number of aryl methyl sites for hydroxylation is 1. The molecule has 8 heteroatoms. The first kappa shape index (κ1) is 16.8. The van der Waals surface area contributed by atoms with Crippen molar-refractivity contribution >= 4 is 17.7 Å². The fourth-order valence-electron chi connectivity index (χ4n) is 1.70. The second-order valence-electron chi connectivity index (χ2n) is 4.37. The highest BCUT2D eigenvalue weighted by molar-refractivity contribution is 5.91. The van der Waals surface area contributed by atoms with Crippen LogP contribution in [-0.4, -0.2) is 35.1 Å². The van der Waals surface area contributed by atoms with Gasteiger partial charge in [-0.25, -0.2) is 4.79 Å². The highest BCUT2D eigenvalue weighted by Gasteiger charge is 2.32. The first-order valence-corrected chi connectivity index (χ1v) is 6.10.